The van der Waals surface area contributed by atoms with Crippen molar-refractivity contribution in [2.24, 2.45) is 0 Å². The van der Waals surface area contributed by atoms with Crippen molar-refractivity contribution < 1.29 is 0 Å². The van der Waals surface area contributed by atoms with Crippen LogP contribution in [0, 0.1) is 0 Å². The minimum absolute atomic E-state index is 0.00902. The van der Waals surface area contributed by atoms with E-state index in [2.05, 4.69) is 26.3 Å². The van der Waals surface area contributed by atoms with Crippen molar-refractivity contribution in [1.29, 1.82) is 0 Å². The molecule has 4 rings (SSSR count). The quantitative estimate of drug-likeness (QED) is 0.674. The summed E-state index contributed by atoms with van der Waals surface area (Å²) in [5, 5.41) is 4.17. The van der Waals surface area contributed by atoms with Crippen molar-refractivity contribution in [1.82, 2.24) is 20.2 Å². The van der Waals surface area contributed by atoms with Crippen molar-refractivity contribution in [2.45, 2.75) is 18.6 Å². The highest BCUT2D eigenvalue weighted by Gasteiger charge is 2.40. The highest BCUT2D eigenvalue weighted by molar-refractivity contribution is 7.80. The molecule has 1 N–H and O–H groups in total. The number of halogens is 1. The lowest BCUT2D eigenvalue weighted by Gasteiger charge is -2.26. The van der Waals surface area contributed by atoms with Gasteiger partial charge in [-0.15, -0.1) is 11.3 Å². The van der Waals surface area contributed by atoms with Crippen LogP contribution in [0.4, 0.5) is 0 Å². The maximum absolute atomic E-state index is 6.20. The zero-order chi connectivity index (χ0) is 17.2. The van der Waals surface area contributed by atoms with E-state index in [9.17, 15) is 0 Å². The highest BCUT2D eigenvalue weighted by atomic mass is 35.5. The van der Waals surface area contributed by atoms with Gasteiger partial charge >= 0.3 is 0 Å². The lowest BCUT2D eigenvalue weighted by atomic mass is 10.0. The molecule has 4 nitrogen and oxygen atoms in total. The first kappa shape index (κ1) is 16.4. The predicted octanol–water partition coefficient (Wildman–Crippen LogP) is 4.36. The van der Waals surface area contributed by atoms with Crippen LogP contribution < -0.4 is 5.32 Å². The second-order valence-corrected chi connectivity index (χ2v) is 7.89. The lowest BCUT2D eigenvalue weighted by Crippen LogP contribution is -2.28. The summed E-state index contributed by atoms with van der Waals surface area (Å²) in [5.74, 6) is 0. The van der Waals surface area contributed by atoms with Gasteiger partial charge in [-0.2, -0.15) is 0 Å². The Labute approximate surface area is 160 Å². The second-order valence-electron chi connectivity index (χ2n) is 5.75. The molecule has 0 spiro atoms. The van der Waals surface area contributed by atoms with Crippen LogP contribution in [0.5, 0.6) is 0 Å². The fraction of sp³-hybridized carbons (Fsp3) is 0.167. The van der Waals surface area contributed by atoms with E-state index in [4.69, 9.17) is 23.8 Å². The number of thiophene rings is 1. The molecule has 1 saturated heterocycles. The number of nitrogens with zero attached hydrogens (tertiary/aromatic N) is 3. The van der Waals surface area contributed by atoms with Crippen LogP contribution in [-0.2, 0) is 6.54 Å². The van der Waals surface area contributed by atoms with E-state index in [0.29, 0.717) is 6.54 Å². The summed E-state index contributed by atoms with van der Waals surface area (Å²) in [4.78, 5) is 12.0. The van der Waals surface area contributed by atoms with Gasteiger partial charge in [0.2, 0.25) is 0 Å². The monoisotopic (exact) mass is 386 g/mol. The Morgan fingerprint density at radius 2 is 1.96 bits per heavy atom. The Bertz CT molecular complexity index is 869. The number of hydrogen-bond acceptors (Lipinski definition) is 4. The SMILES string of the molecule is S=C1N[C@H](c2ccccn2)[C@H](c2ccc(Cl)s2)N1Cc1ccncc1. The third-order valence-corrected chi connectivity index (χ3v) is 5.84. The minimum atomic E-state index is -0.00902. The number of thiocarbonyl (C=S) groups is 1. The molecule has 0 bridgehead atoms. The summed E-state index contributed by atoms with van der Waals surface area (Å²) >= 11 is 13.4. The van der Waals surface area contributed by atoms with Gasteiger partial charge in [-0.25, -0.2) is 0 Å². The molecule has 0 aromatic carbocycles. The van der Waals surface area contributed by atoms with Gasteiger partial charge in [0.1, 0.15) is 0 Å². The molecule has 25 heavy (non-hydrogen) atoms. The van der Waals surface area contributed by atoms with Gasteiger partial charge in [0.15, 0.2) is 5.11 Å². The van der Waals surface area contributed by atoms with E-state index in [1.807, 2.05) is 42.6 Å². The first-order valence-electron chi connectivity index (χ1n) is 7.84. The average molecular weight is 387 g/mol. The van der Waals surface area contributed by atoms with Crippen molar-refractivity contribution in [3.05, 3.63) is 81.5 Å². The molecule has 0 amide bonds. The highest BCUT2D eigenvalue weighted by Crippen LogP contribution is 2.42. The first-order chi connectivity index (χ1) is 12.2. The van der Waals surface area contributed by atoms with Gasteiger partial charge in [-0.05, 0) is 54.2 Å². The summed E-state index contributed by atoms with van der Waals surface area (Å²) in [7, 11) is 0. The second kappa shape index (κ2) is 7.07. The van der Waals surface area contributed by atoms with Crippen molar-refractivity contribution in [3.8, 4) is 0 Å². The lowest BCUT2D eigenvalue weighted by molar-refractivity contribution is 0.315. The van der Waals surface area contributed by atoms with E-state index in [1.54, 1.807) is 23.7 Å². The Hall–Kier alpha value is -2.02. The molecule has 3 aromatic rings. The normalized spacial score (nSPS) is 19.9. The third-order valence-electron chi connectivity index (χ3n) is 4.19. The molecule has 1 fully saturated rings. The third kappa shape index (κ3) is 3.38. The van der Waals surface area contributed by atoms with Crippen molar-refractivity contribution in [3.63, 3.8) is 0 Å². The smallest absolute Gasteiger partial charge is 0.170 e. The van der Waals surface area contributed by atoms with Crippen LogP contribution >= 0.6 is 35.2 Å². The molecule has 1 aliphatic rings. The maximum atomic E-state index is 6.20. The Kier molecular flexibility index (Phi) is 4.65. The molecule has 126 valence electrons. The summed E-state index contributed by atoms with van der Waals surface area (Å²) < 4.78 is 0.774. The molecule has 2 atom stereocenters. The van der Waals surface area contributed by atoms with Gasteiger partial charge in [0, 0.05) is 30.0 Å². The van der Waals surface area contributed by atoms with Gasteiger partial charge < -0.3 is 10.2 Å². The molecular weight excluding hydrogens is 372 g/mol. The van der Waals surface area contributed by atoms with E-state index in [0.717, 1.165) is 20.7 Å². The van der Waals surface area contributed by atoms with Gasteiger partial charge in [-0.3, -0.25) is 9.97 Å². The van der Waals surface area contributed by atoms with E-state index < -0.39 is 0 Å². The predicted molar refractivity (Wildman–Crippen MR) is 105 cm³/mol. The fourth-order valence-corrected chi connectivity index (χ4v) is 4.57. The van der Waals surface area contributed by atoms with Crippen LogP contribution in [0.1, 0.15) is 28.2 Å². The largest absolute Gasteiger partial charge is 0.352 e. The average Bonchev–Trinajstić information content (AvgIpc) is 3.20. The number of aromatic nitrogens is 2. The molecule has 7 heteroatoms. The Morgan fingerprint density at radius 1 is 1.12 bits per heavy atom. The fourth-order valence-electron chi connectivity index (χ4n) is 3.06. The van der Waals surface area contributed by atoms with Crippen molar-refractivity contribution >= 4 is 40.3 Å². The van der Waals surface area contributed by atoms with Crippen LogP contribution in [0.3, 0.4) is 0 Å². The number of hydrogen-bond donors (Lipinski definition) is 1. The molecule has 4 heterocycles. The standard InChI is InChI=1S/C18H15ClN4S2/c19-15-5-4-14(25-15)17-16(13-3-1-2-8-21-13)22-18(24)23(17)11-12-6-9-20-10-7-12/h1-10,16-17H,11H2,(H,22,24)/t16-,17+/m1/s1. The maximum Gasteiger partial charge on any atom is 0.170 e. The topological polar surface area (TPSA) is 41.1 Å². The van der Waals surface area contributed by atoms with Crippen LogP contribution in [0.2, 0.25) is 4.34 Å². The Morgan fingerprint density at radius 3 is 2.64 bits per heavy atom. The molecular formula is C18H15ClN4S2. The molecule has 0 saturated carbocycles. The van der Waals surface area contributed by atoms with E-state index in [-0.39, 0.29) is 12.1 Å². The summed E-state index contributed by atoms with van der Waals surface area (Å²) in [6, 6.07) is 14.0. The van der Waals surface area contributed by atoms with Gasteiger partial charge in [0.05, 0.1) is 22.1 Å². The van der Waals surface area contributed by atoms with Gasteiger partial charge in [-0.1, -0.05) is 17.7 Å². The summed E-state index contributed by atoms with van der Waals surface area (Å²) in [6.45, 7) is 0.706. The first-order valence-corrected chi connectivity index (χ1v) is 9.45. The Balaban J connectivity index is 1.72. The number of pyridine rings is 2. The van der Waals surface area contributed by atoms with E-state index >= 15 is 0 Å². The number of rotatable bonds is 4. The molecule has 1 aliphatic heterocycles. The minimum Gasteiger partial charge on any atom is -0.352 e. The van der Waals surface area contributed by atoms with Crippen LogP contribution in [-0.4, -0.2) is 20.0 Å². The zero-order valence-corrected chi connectivity index (χ0v) is 15.6. The zero-order valence-electron chi connectivity index (χ0n) is 13.2. The summed E-state index contributed by atoms with van der Waals surface area (Å²) in [6.07, 6.45) is 5.41. The molecule has 0 aliphatic carbocycles. The van der Waals surface area contributed by atoms with E-state index in [1.165, 1.54) is 4.88 Å². The molecule has 0 unspecified atom stereocenters. The van der Waals surface area contributed by atoms with Crippen LogP contribution in [0.15, 0.2) is 61.1 Å². The molecule has 3 aromatic heterocycles. The number of nitrogens with one attached hydrogen (secondary N) is 1. The van der Waals surface area contributed by atoms with Crippen molar-refractivity contribution in [2.75, 3.05) is 0 Å². The van der Waals surface area contributed by atoms with Gasteiger partial charge in [0.25, 0.3) is 0 Å². The van der Waals surface area contributed by atoms with Crippen LogP contribution in [0.25, 0.3) is 0 Å². The summed E-state index contributed by atoms with van der Waals surface area (Å²) in [5.41, 5.74) is 2.13. The molecule has 0 radical (unpaired) electrons.